The Labute approximate surface area is 125 Å². The fraction of sp³-hybridized carbons (Fsp3) is 0.167. The highest BCUT2D eigenvalue weighted by molar-refractivity contribution is 5.91. The van der Waals surface area contributed by atoms with Crippen LogP contribution >= 0.6 is 0 Å². The number of rotatable bonds is 6. The van der Waals surface area contributed by atoms with E-state index in [0.717, 1.165) is 16.7 Å². The van der Waals surface area contributed by atoms with Crippen LogP contribution in [0.25, 0.3) is 6.08 Å². The van der Waals surface area contributed by atoms with E-state index in [0.29, 0.717) is 13.2 Å². The highest BCUT2D eigenvalue weighted by Crippen LogP contribution is 2.05. The molecule has 0 aliphatic carbocycles. The molecule has 1 N–H and O–H groups in total. The number of nitrogens with one attached hydrogen (secondary N) is 1. The maximum Gasteiger partial charge on any atom is 0.244 e. The van der Waals surface area contributed by atoms with Crippen LogP contribution in [0, 0.1) is 0 Å². The largest absolute Gasteiger partial charge is 0.380 e. The fourth-order valence-corrected chi connectivity index (χ4v) is 1.90. The van der Waals surface area contributed by atoms with Gasteiger partial charge in [0.1, 0.15) is 0 Å². The molecule has 0 aliphatic rings. The van der Waals surface area contributed by atoms with Gasteiger partial charge in [-0.05, 0) is 22.8 Å². The molecule has 0 radical (unpaired) electrons. The van der Waals surface area contributed by atoms with Crippen molar-refractivity contribution in [3.63, 3.8) is 0 Å². The van der Waals surface area contributed by atoms with Gasteiger partial charge in [0.2, 0.25) is 5.91 Å². The van der Waals surface area contributed by atoms with E-state index in [1.54, 1.807) is 19.3 Å². The molecule has 0 aromatic heterocycles. The molecule has 0 spiro atoms. The second-order valence-corrected chi connectivity index (χ2v) is 4.71. The molecule has 108 valence electrons. The van der Waals surface area contributed by atoms with Crippen LogP contribution in [0.15, 0.2) is 60.7 Å². The van der Waals surface area contributed by atoms with Gasteiger partial charge in [-0.2, -0.15) is 0 Å². The Balaban J connectivity index is 1.82. The average molecular weight is 281 g/mol. The molecular weight excluding hydrogens is 262 g/mol. The normalized spacial score (nSPS) is 10.7. The van der Waals surface area contributed by atoms with Gasteiger partial charge in [0.25, 0.3) is 0 Å². The maximum atomic E-state index is 11.7. The zero-order valence-corrected chi connectivity index (χ0v) is 12.1. The van der Waals surface area contributed by atoms with Crippen LogP contribution < -0.4 is 5.32 Å². The van der Waals surface area contributed by atoms with Gasteiger partial charge in [0.05, 0.1) is 6.61 Å². The fourth-order valence-electron chi connectivity index (χ4n) is 1.90. The van der Waals surface area contributed by atoms with Crippen LogP contribution in [-0.4, -0.2) is 13.0 Å². The Morgan fingerprint density at radius 2 is 1.71 bits per heavy atom. The van der Waals surface area contributed by atoms with Gasteiger partial charge in [0.15, 0.2) is 0 Å². The van der Waals surface area contributed by atoms with Gasteiger partial charge in [-0.1, -0.05) is 54.6 Å². The van der Waals surface area contributed by atoms with Crippen molar-refractivity contribution >= 4 is 12.0 Å². The summed E-state index contributed by atoms with van der Waals surface area (Å²) < 4.78 is 5.06. The van der Waals surface area contributed by atoms with Gasteiger partial charge < -0.3 is 10.1 Å². The van der Waals surface area contributed by atoms with Gasteiger partial charge in [0, 0.05) is 19.7 Å². The van der Waals surface area contributed by atoms with E-state index in [9.17, 15) is 4.79 Å². The first-order chi connectivity index (χ1) is 10.3. The van der Waals surface area contributed by atoms with E-state index < -0.39 is 0 Å². The molecular formula is C18H19NO2. The lowest BCUT2D eigenvalue weighted by Gasteiger charge is -2.04. The van der Waals surface area contributed by atoms with Crippen molar-refractivity contribution < 1.29 is 9.53 Å². The van der Waals surface area contributed by atoms with Crippen molar-refractivity contribution in [2.45, 2.75) is 13.2 Å². The molecule has 0 bridgehead atoms. The highest BCUT2D eigenvalue weighted by atomic mass is 16.5. The smallest absolute Gasteiger partial charge is 0.244 e. The Morgan fingerprint density at radius 3 is 2.38 bits per heavy atom. The molecule has 0 fully saturated rings. The third-order valence-corrected chi connectivity index (χ3v) is 3.03. The molecule has 2 rings (SSSR count). The second kappa shape index (κ2) is 8.02. The Morgan fingerprint density at radius 1 is 1.05 bits per heavy atom. The summed E-state index contributed by atoms with van der Waals surface area (Å²) in [4.78, 5) is 11.7. The van der Waals surface area contributed by atoms with Gasteiger partial charge in [-0.3, -0.25) is 4.79 Å². The van der Waals surface area contributed by atoms with Crippen molar-refractivity contribution in [3.05, 3.63) is 77.4 Å². The van der Waals surface area contributed by atoms with E-state index >= 15 is 0 Å². The van der Waals surface area contributed by atoms with E-state index in [4.69, 9.17) is 4.74 Å². The number of methoxy groups -OCH3 is 1. The van der Waals surface area contributed by atoms with Crippen LogP contribution in [0.5, 0.6) is 0 Å². The minimum Gasteiger partial charge on any atom is -0.380 e. The molecule has 3 nitrogen and oxygen atoms in total. The molecule has 0 saturated heterocycles. The molecule has 3 heteroatoms. The number of hydrogen-bond donors (Lipinski definition) is 1. The number of hydrogen-bond acceptors (Lipinski definition) is 2. The summed E-state index contributed by atoms with van der Waals surface area (Å²) in [5.74, 6) is -0.0974. The summed E-state index contributed by atoms with van der Waals surface area (Å²) in [6, 6.07) is 17.8. The van der Waals surface area contributed by atoms with Crippen molar-refractivity contribution in [2.75, 3.05) is 7.11 Å². The first-order valence-electron chi connectivity index (χ1n) is 6.85. The predicted octanol–water partition coefficient (Wildman–Crippen LogP) is 3.16. The third kappa shape index (κ3) is 5.24. The van der Waals surface area contributed by atoms with Crippen LogP contribution in [-0.2, 0) is 22.7 Å². The summed E-state index contributed by atoms with van der Waals surface area (Å²) in [7, 11) is 1.67. The molecule has 2 aromatic carbocycles. The van der Waals surface area contributed by atoms with E-state index in [1.807, 2.05) is 54.6 Å². The Kier molecular flexibility index (Phi) is 5.73. The van der Waals surface area contributed by atoms with Gasteiger partial charge in [-0.15, -0.1) is 0 Å². The monoisotopic (exact) mass is 281 g/mol. The molecule has 2 aromatic rings. The maximum absolute atomic E-state index is 11.7. The number of carbonyl (C=O) groups excluding carboxylic acids is 1. The molecule has 21 heavy (non-hydrogen) atoms. The topological polar surface area (TPSA) is 38.3 Å². The number of carbonyl (C=O) groups is 1. The summed E-state index contributed by atoms with van der Waals surface area (Å²) in [6.07, 6.45) is 3.35. The Bertz CT molecular complexity index is 588. The lowest BCUT2D eigenvalue weighted by Crippen LogP contribution is -2.20. The summed E-state index contributed by atoms with van der Waals surface area (Å²) in [5, 5.41) is 2.86. The molecule has 0 heterocycles. The number of ether oxygens (including phenoxy) is 1. The first kappa shape index (κ1) is 15.0. The Hall–Kier alpha value is -2.39. The van der Waals surface area contributed by atoms with Crippen LogP contribution in [0.3, 0.4) is 0 Å². The lowest BCUT2D eigenvalue weighted by atomic mass is 10.1. The standard InChI is InChI=1S/C18H19NO2/c1-21-14-17-9-7-16(8-10-17)13-19-18(20)12-11-15-5-3-2-4-6-15/h2-12H,13-14H2,1H3,(H,19,20)/b12-11+. The van der Waals surface area contributed by atoms with Crippen LogP contribution in [0.4, 0.5) is 0 Å². The summed E-state index contributed by atoms with van der Waals surface area (Å²) in [5.41, 5.74) is 3.20. The van der Waals surface area contributed by atoms with E-state index in [-0.39, 0.29) is 5.91 Å². The van der Waals surface area contributed by atoms with Crippen LogP contribution in [0.1, 0.15) is 16.7 Å². The van der Waals surface area contributed by atoms with Crippen molar-refractivity contribution in [1.29, 1.82) is 0 Å². The quantitative estimate of drug-likeness (QED) is 0.826. The molecule has 0 atom stereocenters. The average Bonchev–Trinajstić information content (AvgIpc) is 2.53. The van der Waals surface area contributed by atoms with E-state index in [1.165, 1.54) is 0 Å². The van der Waals surface area contributed by atoms with E-state index in [2.05, 4.69) is 5.32 Å². The molecule has 1 amide bonds. The minimum absolute atomic E-state index is 0.0974. The summed E-state index contributed by atoms with van der Waals surface area (Å²) >= 11 is 0. The first-order valence-corrected chi connectivity index (χ1v) is 6.85. The minimum atomic E-state index is -0.0974. The zero-order valence-electron chi connectivity index (χ0n) is 12.1. The van der Waals surface area contributed by atoms with Crippen molar-refractivity contribution in [2.24, 2.45) is 0 Å². The predicted molar refractivity (Wildman–Crippen MR) is 84.5 cm³/mol. The van der Waals surface area contributed by atoms with Crippen molar-refractivity contribution in [1.82, 2.24) is 5.32 Å². The van der Waals surface area contributed by atoms with Gasteiger partial charge in [-0.25, -0.2) is 0 Å². The summed E-state index contributed by atoms with van der Waals surface area (Å²) in [6.45, 7) is 1.12. The number of benzene rings is 2. The third-order valence-electron chi connectivity index (χ3n) is 3.03. The molecule has 0 saturated carbocycles. The van der Waals surface area contributed by atoms with Crippen LogP contribution in [0.2, 0.25) is 0 Å². The second-order valence-electron chi connectivity index (χ2n) is 4.71. The molecule has 0 unspecified atom stereocenters. The SMILES string of the molecule is COCc1ccc(CNC(=O)/C=C/c2ccccc2)cc1. The van der Waals surface area contributed by atoms with Crippen molar-refractivity contribution in [3.8, 4) is 0 Å². The zero-order chi connectivity index (χ0) is 14.9. The lowest BCUT2D eigenvalue weighted by molar-refractivity contribution is -0.116. The van der Waals surface area contributed by atoms with Gasteiger partial charge >= 0.3 is 0 Å². The highest BCUT2D eigenvalue weighted by Gasteiger charge is 1.98. The molecule has 0 aliphatic heterocycles. The number of amides is 1.